The largest absolute Gasteiger partial charge is 0.497 e. The Labute approximate surface area is 231 Å². The van der Waals surface area contributed by atoms with E-state index in [1.807, 2.05) is 72.8 Å². The molecule has 0 aliphatic rings. The van der Waals surface area contributed by atoms with Gasteiger partial charge in [-0.1, -0.05) is 65.9 Å². The lowest BCUT2D eigenvalue weighted by atomic mass is 10.0. The quantitative estimate of drug-likeness (QED) is 0.282. The van der Waals surface area contributed by atoms with E-state index in [9.17, 15) is 9.59 Å². The maximum Gasteiger partial charge on any atom is 0.249 e. The number of para-hydroxylation sites is 2. The van der Waals surface area contributed by atoms with Crippen molar-refractivity contribution >= 4 is 28.5 Å². The van der Waals surface area contributed by atoms with Crippen molar-refractivity contribution in [2.75, 3.05) is 19.1 Å². The Bertz CT molecular complexity index is 1600. The van der Waals surface area contributed by atoms with Crippen LogP contribution in [0.25, 0.3) is 11.0 Å². The van der Waals surface area contributed by atoms with Gasteiger partial charge in [-0.15, -0.1) is 5.10 Å². The molecule has 202 valence electrons. The first-order valence-corrected chi connectivity index (χ1v) is 12.8. The van der Waals surface area contributed by atoms with Gasteiger partial charge in [0.05, 0.1) is 19.7 Å². The molecule has 40 heavy (non-hydrogen) atoms. The van der Waals surface area contributed by atoms with Gasteiger partial charge < -0.3 is 14.8 Å². The summed E-state index contributed by atoms with van der Waals surface area (Å²) in [4.78, 5) is 29.8. The minimum atomic E-state index is -1.08. The maximum atomic E-state index is 14.2. The summed E-state index contributed by atoms with van der Waals surface area (Å²) in [7, 11) is 3.08. The van der Waals surface area contributed by atoms with Gasteiger partial charge in [-0.2, -0.15) is 0 Å². The SMILES string of the molecule is COc1ccc(OC)c(C(C(=O)NCc2ccccc2)N(C(=O)Cn2nnc3ccccc32)c2ccccc2)c1. The van der Waals surface area contributed by atoms with Gasteiger partial charge in [0.2, 0.25) is 11.8 Å². The Morgan fingerprint density at radius 2 is 1.57 bits per heavy atom. The van der Waals surface area contributed by atoms with Crippen LogP contribution < -0.4 is 19.7 Å². The van der Waals surface area contributed by atoms with Crippen molar-refractivity contribution in [3.05, 3.63) is 114 Å². The number of benzene rings is 4. The van der Waals surface area contributed by atoms with E-state index < -0.39 is 6.04 Å². The number of nitrogens with zero attached hydrogens (tertiary/aromatic N) is 4. The highest BCUT2D eigenvalue weighted by Gasteiger charge is 2.35. The van der Waals surface area contributed by atoms with Crippen LogP contribution in [0.5, 0.6) is 11.5 Å². The maximum absolute atomic E-state index is 14.2. The molecule has 0 aliphatic heterocycles. The first kappa shape index (κ1) is 26.4. The normalized spacial score (nSPS) is 11.6. The van der Waals surface area contributed by atoms with Crippen LogP contribution in [0, 0.1) is 0 Å². The fourth-order valence-electron chi connectivity index (χ4n) is 4.60. The van der Waals surface area contributed by atoms with Crippen molar-refractivity contribution in [1.29, 1.82) is 0 Å². The first-order valence-electron chi connectivity index (χ1n) is 12.8. The van der Waals surface area contributed by atoms with E-state index in [4.69, 9.17) is 9.47 Å². The molecule has 0 aliphatic carbocycles. The molecule has 4 aromatic carbocycles. The smallest absolute Gasteiger partial charge is 0.249 e. The van der Waals surface area contributed by atoms with E-state index in [1.165, 1.54) is 16.7 Å². The van der Waals surface area contributed by atoms with Crippen LogP contribution in [0.4, 0.5) is 5.69 Å². The van der Waals surface area contributed by atoms with Gasteiger partial charge in [0.1, 0.15) is 29.6 Å². The van der Waals surface area contributed by atoms with E-state index in [2.05, 4.69) is 15.6 Å². The number of amides is 2. The summed E-state index contributed by atoms with van der Waals surface area (Å²) < 4.78 is 12.7. The molecule has 0 saturated carbocycles. The van der Waals surface area contributed by atoms with Crippen LogP contribution >= 0.6 is 0 Å². The number of carbonyl (C=O) groups excluding carboxylic acids is 2. The first-order chi connectivity index (χ1) is 19.6. The highest BCUT2D eigenvalue weighted by Crippen LogP contribution is 2.36. The number of carbonyl (C=O) groups is 2. The van der Waals surface area contributed by atoms with Gasteiger partial charge in [0.25, 0.3) is 0 Å². The Hall–Kier alpha value is -5.18. The number of nitrogens with one attached hydrogen (secondary N) is 1. The summed E-state index contributed by atoms with van der Waals surface area (Å²) in [5.74, 6) is 0.239. The third-order valence-electron chi connectivity index (χ3n) is 6.56. The predicted octanol–water partition coefficient (Wildman–Crippen LogP) is 4.54. The van der Waals surface area contributed by atoms with Gasteiger partial charge in [0, 0.05) is 17.8 Å². The lowest BCUT2D eigenvalue weighted by molar-refractivity contribution is -0.127. The summed E-state index contributed by atoms with van der Waals surface area (Å²) in [5, 5.41) is 11.4. The van der Waals surface area contributed by atoms with Gasteiger partial charge in [-0.25, -0.2) is 4.68 Å². The van der Waals surface area contributed by atoms with Crippen LogP contribution in [0.2, 0.25) is 0 Å². The van der Waals surface area contributed by atoms with Crippen LogP contribution in [-0.4, -0.2) is 41.0 Å². The molecule has 0 saturated heterocycles. The highest BCUT2D eigenvalue weighted by molar-refractivity contribution is 6.02. The molecule has 5 aromatic rings. The lowest BCUT2D eigenvalue weighted by Gasteiger charge is -2.32. The Kier molecular flexibility index (Phi) is 8.01. The number of methoxy groups -OCH3 is 2. The molecule has 1 heterocycles. The molecule has 1 atom stereocenters. The number of hydrogen-bond donors (Lipinski definition) is 1. The number of rotatable bonds is 10. The minimum Gasteiger partial charge on any atom is -0.497 e. The second-order valence-corrected chi connectivity index (χ2v) is 9.05. The second kappa shape index (κ2) is 12.1. The Balaban J connectivity index is 1.60. The van der Waals surface area contributed by atoms with Crippen LogP contribution in [0.3, 0.4) is 0 Å². The fraction of sp³-hybridized carbons (Fsp3) is 0.161. The molecule has 1 aromatic heterocycles. The van der Waals surface area contributed by atoms with Crippen LogP contribution in [0.1, 0.15) is 17.2 Å². The zero-order valence-electron chi connectivity index (χ0n) is 22.2. The molecule has 5 rings (SSSR count). The van der Waals surface area contributed by atoms with Crippen molar-refractivity contribution in [2.24, 2.45) is 0 Å². The molecule has 2 amide bonds. The molecular weight excluding hydrogens is 506 g/mol. The van der Waals surface area contributed by atoms with E-state index in [0.717, 1.165) is 5.56 Å². The standard InChI is InChI=1S/C31H29N5O4/c1-39-24-17-18-28(40-2)25(19-24)30(31(38)32-20-22-11-5-3-6-12-22)36(23-13-7-4-8-14-23)29(37)21-35-27-16-10-9-15-26(27)33-34-35/h3-19,30H,20-21H2,1-2H3,(H,32,38). The van der Waals surface area contributed by atoms with Gasteiger partial charge in [-0.05, 0) is 48.0 Å². The summed E-state index contributed by atoms with van der Waals surface area (Å²) in [6, 6.07) is 30.2. The van der Waals surface area contributed by atoms with E-state index in [-0.39, 0.29) is 24.9 Å². The summed E-state index contributed by atoms with van der Waals surface area (Å²) in [6.45, 7) is 0.150. The average Bonchev–Trinajstić information content (AvgIpc) is 3.41. The van der Waals surface area contributed by atoms with Crippen molar-refractivity contribution in [1.82, 2.24) is 20.3 Å². The van der Waals surface area contributed by atoms with Crippen molar-refractivity contribution in [2.45, 2.75) is 19.1 Å². The monoisotopic (exact) mass is 535 g/mol. The van der Waals surface area contributed by atoms with Crippen molar-refractivity contribution in [3.63, 3.8) is 0 Å². The molecule has 9 heteroatoms. The summed E-state index contributed by atoms with van der Waals surface area (Å²) >= 11 is 0. The van der Waals surface area contributed by atoms with Crippen LogP contribution in [-0.2, 0) is 22.7 Å². The van der Waals surface area contributed by atoms with E-state index in [0.29, 0.717) is 33.8 Å². The zero-order chi connectivity index (χ0) is 27.9. The third kappa shape index (κ3) is 5.63. The number of fused-ring (bicyclic) bond motifs is 1. The van der Waals surface area contributed by atoms with Crippen molar-refractivity contribution < 1.29 is 19.1 Å². The lowest BCUT2D eigenvalue weighted by Crippen LogP contribution is -2.45. The number of ether oxygens (including phenoxy) is 2. The van der Waals surface area contributed by atoms with E-state index in [1.54, 1.807) is 37.4 Å². The molecule has 0 bridgehead atoms. The average molecular weight is 536 g/mol. The zero-order valence-corrected chi connectivity index (χ0v) is 22.2. The summed E-state index contributed by atoms with van der Waals surface area (Å²) in [6.07, 6.45) is 0. The fourth-order valence-corrected chi connectivity index (χ4v) is 4.60. The number of anilines is 1. The van der Waals surface area contributed by atoms with Gasteiger partial charge >= 0.3 is 0 Å². The summed E-state index contributed by atoms with van der Waals surface area (Å²) in [5.41, 5.74) is 3.34. The molecule has 9 nitrogen and oxygen atoms in total. The molecule has 1 unspecified atom stereocenters. The van der Waals surface area contributed by atoms with Crippen molar-refractivity contribution in [3.8, 4) is 11.5 Å². The van der Waals surface area contributed by atoms with E-state index >= 15 is 0 Å². The Morgan fingerprint density at radius 1 is 0.875 bits per heavy atom. The van der Waals surface area contributed by atoms with Gasteiger partial charge in [0.15, 0.2) is 0 Å². The second-order valence-electron chi connectivity index (χ2n) is 9.05. The molecular formula is C31H29N5O4. The molecule has 0 fully saturated rings. The number of hydrogen-bond acceptors (Lipinski definition) is 6. The van der Waals surface area contributed by atoms with Gasteiger partial charge in [-0.3, -0.25) is 14.5 Å². The molecule has 0 spiro atoms. The number of aromatic nitrogens is 3. The predicted molar refractivity (Wildman–Crippen MR) is 152 cm³/mol. The minimum absolute atomic E-state index is 0.135. The third-order valence-corrected chi connectivity index (χ3v) is 6.56. The molecule has 0 radical (unpaired) electrons. The molecule has 1 N–H and O–H groups in total. The Morgan fingerprint density at radius 3 is 2.30 bits per heavy atom. The highest BCUT2D eigenvalue weighted by atomic mass is 16.5. The van der Waals surface area contributed by atoms with Crippen LogP contribution in [0.15, 0.2) is 103 Å². The topological polar surface area (TPSA) is 98.6 Å².